The molecule has 0 aliphatic rings. The van der Waals surface area contributed by atoms with Crippen LogP contribution >= 0.6 is 11.3 Å². The summed E-state index contributed by atoms with van der Waals surface area (Å²) in [5.41, 5.74) is 0.236. The van der Waals surface area contributed by atoms with Crippen LogP contribution in [-0.4, -0.2) is 34.9 Å². The molecule has 0 N–H and O–H groups in total. The van der Waals surface area contributed by atoms with E-state index >= 15 is 0 Å². The average Bonchev–Trinajstić information content (AvgIpc) is 3.36. The van der Waals surface area contributed by atoms with E-state index in [1.807, 2.05) is 24.4 Å². The van der Waals surface area contributed by atoms with E-state index in [9.17, 15) is 4.79 Å². The first-order valence-electron chi connectivity index (χ1n) is 7.96. The molecule has 0 unspecified atom stereocenters. The highest BCUT2D eigenvalue weighted by Gasteiger charge is 2.23. The Balaban J connectivity index is 1.62. The van der Waals surface area contributed by atoms with Crippen molar-refractivity contribution in [2.45, 2.75) is 19.6 Å². The molecule has 0 radical (unpaired) electrons. The maximum atomic E-state index is 12.6. The van der Waals surface area contributed by atoms with Crippen molar-refractivity contribution in [1.82, 2.24) is 14.9 Å². The number of hydrogen-bond acceptors (Lipinski definition) is 7. The lowest BCUT2D eigenvalue weighted by Gasteiger charge is -2.21. The van der Waals surface area contributed by atoms with E-state index < -0.39 is 0 Å². The molecule has 136 valence electrons. The van der Waals surface area contributed by atoms with Crippen molar-refractivity contribution in [3.05, 3.63) is 58.7 Å². The van der Waals surface area contributed by atoms with Gasteiger partial charge in [-0.05, 0) is 19.1 Å². The number of hydrogen-bond donors (Lipinski definition) is 0. The maximum Gasteiger partial charge on any atom is 0.276 e. The van der Waals surface area contributed by atoms with E-state index in [2.05, 4.69) is 9.97 Å². The van der Waals surface area contributed by atoms with Crippen LogP contribution in [0.25, 0.3) is 0 Å². The SMILES string of the molecule is COc1cccc(OCc2nc(C(=O)N(C)[C@@H](C)c3nccs3)co2)c1. The summed E-state index contributed by atoms with van der Waals surface area (Å²) in [6, 6.07) is 7.08. The lowest BCUT2D eigenvalue weighted by molar-refractivity contribution is 0.0736. The summed E-state index contributed by atoms with van der Waals surface area (Å²) in [5, 5.41) is 2.75. The Morgan fingerprint density at radius 3 is 2.92 bits per heavy atom. The number of aromatic nitrogens is 2. The number of methoxy groups -OCH3 is 1. The molecule has 0 aliphatic carbocycles. The van der Waals surface area contributed by atoms with Crippen LogP contribution in [0.2, 0.25) is 0 Å². The molecule has 8 heteroatoms. The molecular weight excluding hydrogens is 354 g/mol. The summed E-state index contributed by atoms with van der Waals surface area (Å²) in [4.78, 5) is 22.6. The molecule has 7 nitrogen and oxygen atoms in total. The third-order valence-corrected chi connectivity index (χ3v) is 4.83. The van der Waals surface area contributed by atoms with Gasteiger partial charge in [0.05, 0.1) is 13.2 Å². The van der Waals surface area contributed by atoms with Crippen molar-refractivity contribution in [2.75, 3.05) is 14.2 Å². The van der Waals surface area contributed by atoms with E-state index in [0.29, 0.717) is 17.4 Å². The van der Waals surface area contributed by atoms with Gasteiger partial charge in [0.2, 0.25) is 5.89 Å². The standard InChI is InChI=1S/C18H19N3O4S/c1-12(17-19-7-8-26-17)21(2)18(22)15-10-25-16(20-15)11-24-14-6-4-5-13(9-14)23-3/h4-10,12H,11H2,1-3H3/t12-/m0/s1. The van der Waals surface area contributed by atoms with Crippen molar-refractivity contribution >= 4 is 17.2 Å². The van der Waals surface area contributed by atoms with Crippen molar-refractivity contribution in [2.24, 2.45) is 0 Å². The van der Waals surface area contributed by atoms with Gasteiger partial charge in [-0.1, -0.05) is 6.07 Å². The fourth-order valence-electron chi connectivity index (χ4n) is 2.27. The van der Waals surface area contributed by atoms with Crippen molar-refractivity contribution in [3.63, 3.8) is 0 Å². The monoisotopic (exact) mass is 373 g/mol. The predicted octanol–water partition coefficient (Wildman–Crippen LogP) is 3.55. The van der Waals surface area contributed by atoms with Gasteiger partial charge < -0.3 is 18.8 Å². The first kappa shape index (κ1) is 17.9. The number of ether oxygens (including phenoxy) is 2. The zero-order valence-corrected chi connectivity index (χ0v) is 15.5. The predicted molar refractivity (Wildman–Crippen MR) is 96.5 cm³/mol. The van der Waals surface area contributed by atoms with E-state index in [4.69, 9.17) is 13.9 Å². The summed E-state index contributed by atoms with van der Waals surface area (Å²) in [6.45, 7) is 2.04. The number of nitrogens with zero attached hydrogens (tertiary/aromatic N) is 3. The zero-order chi connectivity index (χ0) is 18.5. The summed E-state index contributed by atoms with van der Waals surface area (Å²) in [5.74, 6) is 1.42. The summed E-state index contributed by atoms with van der Waals surface area (Å²) >= 11 is 1.51. The fraction of sp³-hybridized carbons (Fsp3) is 0.278. The van der Waals surface area contributed by atoms with Crippen LogP contribution in [0.4, 0.5) is 0 Å². The summed E-state index contributed by atoms with van der Waals surface area (Å²) in [6.07, 6.45) is 3.07. The van der Waals surface area contributed by atoms with Crippen LogP contribution in [0.1, 0.15) is 34.4 Å². The Morgan fingerprint density at radius 1 is 1.38 bits per heavy atom. The number of amides is 1. The van der Waals surface area contributed by atoms with Crippen LogP contribution in [-0.2, 0) is 6.61 Å². The highest BCUT2D eigenvalue weighted by atomic mass is 32.1. The van der Waals surface area contributed by atoms with Crippen molar-refractivity contribution in [3.8, 4) is 11.5 Å². The third kappa shape index (κ3) is 4.02. The van der Waals surface area contributed by atoms with Gasteiger partial charge in [-0.15, -0.1) is 11.3 Å². The molecule has 1 amide bonds. The summed E-state index contributed by atoms with van der Waals surface area (Å²) < 4.78 is 16.1. The van der Waals surface area contributed by atoms with Crippen molar-refractivity contribution in [1.29, 1.82) is 0 Å². The van der Waals surface area contributed by atoms with Gasteiger partial charge in [0, 0.05) is 24.7 Å². The Morgan fingerprint density at radius 2 is 2.19 bits per heavy atom. The molecule has 0 aliphatic heterocycles. The molecule has 0 saturated carbocycles. The second-order valence-corrected chi connectivity index (χ2v) is 6.48. The minimum Gasteiger partial charge on any atom is -0.497 e. The van der Waals surface area contributed by atoms with Gasteiger partial charge in [0.25, 0.3) is 5.91 Å². The Hall–Kier alpha value is -2.87. The number of carbonyl (C=O) groups excluding carboxylic acids is 1. The number of rotatable bonds is 7. The topological polar surface area (TPSA) is 77.7 Å². The number of oxazole rings is 1. The molecule has 3 rings (SSSR count). The lowest BCUT2D eigenvalue weighted by Crippen LogP contribution is -2.29. The van der Waals surface area contributed by atoms with Gasteiger partial charge in [-0.25, -0.2) is 9.97 Å². The van der Waals surface area contributed by atoms with Crippen LogP contribution in [0.3, 0.4) is 0 Å². The molecule has 0 saturated heterocycles. The molecule has 2 aromatic heterocycles. The maximum absolute atomic E-state index is 12.6. The molecule has 0 spiro atoms. The Kier molecular flexibility index (Phi) is 5.52. The third-order valence-electron chi connectivity index (χ3n) is 3.88. The number of carbonyl (C=O) groups is 1. The average molecular weight is 373 g/mol. The van der Waals surface area contributed by atoms with Gasteiger partial charge in [0.1, 0.15) is 22.8 Å². The number of thiazole rings is 1. The van der Waals surface area contributed by atoms with Crippen LogP contribution in [0.5, 0.6) is 11.5 Å². The van der Waals surface area contributed by atoms with Crippen LogP contribution < -0.4 is 9.47 Å². The quantitative estimate of drug-likeness (QED) is 0.630. The van der Waals surface area contributed by atoms with E-state index in [1.165, 1.54) is 17.6 Å². The van der Waals surface area contributed by atoms with Gasteiger partial charge in [0.15, 0.2) is 12.3 Å². The zero-order valence-electron chi connectivity index (χ0n) is 14.7. The molecule has 26 heavy (non-hydrogen) atoms. The minimum absolute atomic E-state index is 0.117. The lowest BCUT2D eigenvalue weighted by atomic mass is 10.3. The first-order valence-corrected chi connectivity index (χ1v) is 8.84. The molecule has 0 bridgehead atoms. The largest absolute Gasteiger partial charge is 0.497 e. The highest BCUT2D eigenvalue weighted by Crippen LogP contribution is 2.23. The highest BCUT2D eigenvalue weighted by molar-refractivity contribution is 7.09. The van der Waals surface area contributed by atoms with E-state index in [1.54, 1.807) is 37.4 Å². The van der Waals surface area contributed by atoms with Gasteiger partial charge in [-0.3, -0.25) is 4.79 Å². The Bertz CT molecular complexity index is 863. The smallest absolute Gasteiger partial charge is 0.276 e. The van der Waals surface area contributed by atoms with E-state index in [0.717, 1.165) is 5.01 Å². The van der Waals surface area contributed by atoms with Crippen molar-refractivity contribution < 1.29 is 18.7 Å². The minimum atomic E-state index is -0.232. The van der Waals surface area contributed by atoms with Crippen LogP contribution in [0.15, 0.2) is 46.5 Å². The fourth-order valence-corrected chi connectivity index (χ4v) is 3.01. The molecule has 1 aromatic carbocycles. The number of benzene rings is 1. The second kappa shape index (κ2) is 8.01. The second-order valence-electron chi connectivity index (χ2n) is 5.56. The molecule has 1 atom stereocenters. The van der Waals surface area contributed by atoms with Crippen LogP contribution in [0, 0.1) is 0 Å². The normalized spacial score (nSPS) is 11.8. The molecular formula is C18H19N3O4S. The van der Waals surface area contributed by atoms with E-state index in [-0.39, 0.29) is 24.2 Å². The molecule has 0 fully saturated rings. The summed E-state index contributed by atoms with van der Waals surface area (Å²) in [7, 11) is 3.31. The molecule has 2 heterocycles. The van der Waals surface area contributed by atoms with Gasteiger partial charge >= 0.3 is 0 Å². The molecule has 3 aromatic rings. The Labute approximate surface area is 155 Å². The van der Waals surface area contributed by atoms with Gasteiger partial charge in [-0.2, -0.15) is 0 Å². The first-order chi connectivity index (χ1) is 12.6.